The van der Waals surface area contributed by atoms with E-state index in [4.69, 9.17) is 0 Å². The van der Waals surface area contributed by atoms with Crippen molar-refractivity contribution in [2.24, 2.45) is 0 Å². The monoisotopic (exact) mass is 251 g/mol. The molecule has 1 fully saturated rings. The molecule has 0 saturated heterocycles. The minimum atomic E-state index is 0.656. The zero-order valence-corrected chi connectivity index (χ0v) is 11.7. The Bertz CT molecular complexity index is 559. The lowest BCUT2D eigenvalue weighted by Crippen LogP contribution is -2.17. The number of aryl methyl sites for hydroxylation is 2. The van der Waals surface area contributed by atoms with E-state index in [2.05, 4.69) is 67.7 Å². The summed E-state index contributed by atoms with van der Waals surface area (Å²) in [7, 11) is 0. The lowest BCUT2D eigenvalue weighted by molar-refractivity contribution is 0.672. The van der Waals surface area contributed by atoms with E-state index in [-0.39, 0.29) is 0 Å². The highest BCUT2D eigenvalue weighted by Crippen LogP contribution is 2.40. The lowest BCUT2D eigenvalue weighted by Gasteiger charge is -2.07. The molecule has 2 atom stereocenters. The Hall–Kier alpha value is -1.60. The number of rotatable bonds is 4. The molecule has 2 aromatic rings. The van der Waals surface area contributed by atoms with Gasteiger partial charge in [-0.15, -0.1) is 0 Å². The number of nitrogens with one attached hydrogen (secondary N) is 1. The Kier molecular flexibility index (Phi) is 3.39. The summed E-state index contributed by atoms with van der Waals surface area (Å²) in [5.41, 5.74) is 5.62. The van der Waals surface area contributed by atoms with Crippen LogP contribution in [-0.4, -0.2) is 6.04 Å². The van der Waals surface area contributed by atoms with Gasteiger partial charge in [-0.2, -0.15) is 0 Å². The minimum absolute atomic E-state index is 0.656. The van der Waals surface area contributed by atoms with Gasteiger partial charge in [0.05, 0.1) is 0 Å². The van der Waals surface area contributed by atoms with Gasteiger partial charge < -0.3 is 5.32 Å². The van der Waals surface area contributed by atoms with Crippen molar-refractivity contribution >= 4 is 0 Å². The Morgan fingerprint density at radius 2 is 1.79 bits per heavy atom. The standard InChI is InChI=1S/C18H21N/c1-13-8-9-15(10-14(13)2)12-19-18-11-17(18)16-6-4-3-5-7-16/h3-10,17-19H,11-12H2,1-2H3. The van der Waals surface area contributed by atoms with Crippen LogP contribution in [0.5, 0.6) is 0 Å². The molecule has 3 rings (SSSR count). The van der Waals surface area contributed by atoms with Gasteiger partial charge in [0.25, 0.3) is 0 Å². The summed E-state index contributed by atoms with van der Waals surface area (Å²) in [6, 6.07) is 18.2. The van der Waals surface area contributed by atoms with Gasteiger partial charge in [0.2, 0.25) is 0 Å². The number of benzene rings is 2. The molecule has 1 N–H and O–H groups in total. The maximum absolute atomic E-state index is 3.67. The highest BCUT2D eigenvalue weighted by atomic mass is 15.0. The zero-order chi connectivity index (χ0) is 13.2. The molecule has 19 heavy (non-hydrogen) atoms. The van der Waals surface area contributed by atoms with Crippen LogP contribution >= 0.6 is 0 Å². The summed E-state index contributed by atoms with van der Waals surface area (Å²) in [5.74, 6) is 0.716. The molecule has 0 radical (unpaired) electrons. The Morgan fingerprint density at radius 1 is 1.00 bits per heavy atom. The van der Waals surface area contributed by atoms with Crippen molar-refractivity contribution in [3.05, 3.63) is 70.8 Å². The quantitative estimate of drug-likeness (QED) is 0.867. The SMILES string of the molecule is Cc1ccc(CNC2CC2c2ccccc2)cc1C. The van der Waals surface area contributed by atoms with Gasteiger partial charge in [0, 0.05) is 18.5 Å². The normalized spacial score (nSPS) is 21.4. The third-order valence-electron chi connectivity index (χ3n) is 4.16. The van der Waals surface area contributed by atoms with E-state index in [0.717, 1.165) is 6.54 Å². The van der Waals surface area contributed by atoms with Gasteiger partial charge in [-0.25, -0.2) is 0 Å². The molecule has 1 saturated carbocycles. The molecular formula is C18H21N. The molecular weight excluding hydrogens is 230 g/mol. The predicted octanol–water partition coefficient (Wildman–Crippen LogP) is 3.95. The van der Waals surface area contributed by atoms with Crippen molar-refractivity contribution in [3.63, 3.8) is 0 Å². The average molecular weight is 251 g/mol. The summed E-state index contributed by atoms with van der Waals surface area (Å²) in [4.78, 5) is 0. The largest absolute Gasteiger partial charge is 0.309 e. The van der Waals surface area contributed by atoms with Crippen molar-refractivity contribution in [1.82, 2.24) is 5.32 Å². The van der Waals surface area contributed by atoms with Gasteiger partial charge in [-0.3, -0.25) is 0 Å². The molecule has 1 aliphatic rings. The van der Waals surface area contributed by atoms with E-state index in [1.165, 1.54) is 28.7 Å². The third kappa shape index (κ3) is 2.87. The molecule has 0 aliphatic heterocycles. The summed E-state index contributed by atoms with van der Waals surface area (Å²) >= 11 is 0. The maximum Gasteiger partial charge on any atom is 0.0208 e. The fourth-order valence-electron chi connectivity index (χ4n) is 2.65. The first kappa shape index (κ1) is 12.4. The van der Waals surface area contributed by atoms with Crippen LogP contribution in [0.4, 0.5) is 0 Å². The molecule has 0 spiro atoms. The van der Waals surface area contributed by atoms with Gasteiger partial charge in [0.15, 0.2) is 0 Å². The van der Waals surface area contributed by atoms with Crippen LogP contribution < -0.4 is 5.32 Å². The van der Waals surface area contributed by atoms with Gasteiger partial charge in [-0.1, -0.05) is 48.5 Å². The van der Waals surface area contributed by atoms with E-state index in [9.17, 15) is 0 Å². The Labute approximate surface area is 115 Å². The molecule has 0 aromatic heterocycles. The molecule has 1 nitrogen and oxygen atoms in total. The first-order chi connectivity index (χ1) is 9.24. The number of hydrogen-bond donors (Lipinski definition) is 1. The van der Waals surface area contributed by atoms with Crippen molar-refractivity contribution < 1.29 is 0 Å². The van der Waals surface area contributed by atoms with Crippen LogP contribution in [0, 0.1) is 13.8 Å². The van der Waals surface area contributed by atoms with Crippen molar-refractivity contribution in [2.45, 2.75) is 38.8 Å². The first-order valence-corrected chi connectivity index (χ1v) is 7.08. The maximum atomic E-state index is 3.67. The third-order valence-corrected chi connectivity index (χ3v) is 4.16. The van der Waals surface area contributed by atoms with E-state index >= 15 is 0 Å². The van der Waals surface area contributed by atoms with Crippen LogP contribution in [0.2, 0.25) is 0 Å². The van der Waals surface area contributed by atoms with Crippen LogP contribution in [0.25, 0.3) is 0 Å². The summed E-state index contributed by atoms with van der Waals surface area (Å²) < 4.78 is 0. The first-order valence-electron chi connectivity index (χ1n) is 7.08. The van der Waals surface area contributed by atoms with Crippen LogP contribution in [0.1, 0.15) is 34.6 Å². The van der Waals surface area contributed by atoms with E-state index in [0.29, 0.717) is 12.0 Å². The van der Waals surface area contributed by atoms with Crippen LogP contribution in [-0.2, 0) is 6.54 Å². The Morgan fingerprint density at radius 3 is 2.53 bits per heavy atom. The van der Waals surface area contributed by atoms with E-state index in [1.54, 1.807) is 0 Å². The van der Waals surface area contributed by atoms with Gasteiger partial charge in [-0.05, 0) is 42.5 Å². The minimum Gasteiger partial charge on any atom is -0.309 e. The fraction of sp³-hybridized carbons (Fsp3) is 0.333. The topological polar surface area (TPSA) is 12.0 Å². The fourth-order valence-corrected chi connectivity index (χ4v) is 2.65. The van der Waals surface area contributed by atoms with E-state index in [1.807, 2.05) is 0 Å². The molecule has 98 valence electrons. The summed E-state index contributed by atoms with van der Waals surface area (Å²) in [6.07, 6.45) is 1.27. The summed E-state index contributed by atoms with van der Waals surface area (Å²) in [5, 5.41) is 3.67. The zero-order valence-electron chi connectivity index (χ0n) is 11.7. The van der Waals surface area contributed by atoms with Crippen molar-refractivity contribution in [2.75, 3.05) is 0 Å². The molecule has 2 aromatic carbocycles. The second-order valence-corrected chi connectivity index (χ2v) is 5.66. The lowest BCUT2D eigenvalue weighted by atomic mass is 10.1. The van der Waals surface area contributed by atoms with Gasteiger partial charge >= 0.3 is 0 Å². The van der Waals surface area contributed by atoms with Crippen molar-refractivity contribution in [3.8, 4) is 0 Å². The smallest absolute Gasteiger partial charge is 0.0208 e. The van der Waals surface area contributed by atoms with Crippen LogP contribution in [0.15, 0.2) is 48.5 Å². The Balaban J connectivity index is 1.56. The second kappa shape index (κ2) is 5.18. The van der Waals surface area contributed by atoms with E-state index < -0.39 is 0 Å². The molecule has 1 heteroatoms. The molecule has 0 amide bonds. The molecule has 0 bridgehead atoms. The molecule has 0 heterocycles. The predicted molar refractivity (Wildman–Crippen MR) is 80.3 cm³/mol. The van der Waals surface area contributed by atoms with Crippen molar-refractivity contribution in [1.29, 1.82) is 0 Å². The molecule has 1 aliphatic carbocycles. The average Bonchev–Trinajstić information content (AvgIpc) is 3.21. The second-order valence-electron chi connectivity index (χ2n) is 5.66. The highest BCUT2D eigenvalue weighted by Gasteiger charge is 2.37. The number of hydrogen-bond acceptors (Lipinski definition) is 1. The van der Waals surface area contributed by atoms with Crippen LogP contribution in [0.3, 0.4) is 0 Å². The molecule has 2 unspecified atom stereocenters. The highest BCUT2D eigenvalue weighted by molar-refractivity contribution is 5.31. The summed E-state index contributed by atoms with van der Waals surface area (Å²) in [6.45, 7) is 5.33. The van der Waals surface area contributed by atoms with Gasteiger partial charge in [0.1, 0.15) is 0 Å².